The molecule has 122 valence electrons. The van der Waals surface area contributed by atoms with Gasteiger partial charge in [0, 0.05) is 65.0 Å². The molecule has 7 nitrogen and oxygen atoms in total. The van der Waals surface area contributed by atoms with Crippen LogP contribution in [0.5, 0.6) is 0 Å². The molecule has 0 unspecified atom stereocenters. The highest BCUT2D eigenvalue weighted by Crippen LogP contribution is 2.18. The number of hydrogen-bond acceptors (Lipinski definition) is 3. The van der Waals surface area contributed by atoms with Crippen molar-refractivity contribution in [3.05, 3.63) is 18.0 Å². The van der Waals surface area contributed by atoms with E-state index in [2.05, 4.69) is 10.4 Å². The van der Waals surface area contributed by atoms with Crippen molar-refractivity contribution in [2.75, 3.05) is 33.7 Å². The van der Waals surface area contributed by atoms with Gasteiger partial charge < -0.3 is 15.1 Å². The van der Waals surface area contributed by atoms with Gasteiger partial charge >= 0.3 is 6.03 Å². The molecule has 0 radical (unpaired) electrons. The van der Waals surface area contributed by atoms with E-state index in [0.29, 0.717) is 19.6 Å². The van der Waals surface area contributed by atoms with E-state index < -0.39 is 0 Å². The zero-order chi connectivity index (χ0) is 16.1. The minimum absolute atomic E-state index is 0.0118. The summed E-state index contributed by atoms with van der Waals surface area (Å²) < 4.78 is 1.82. The molecule has 0 aliphatic carbocycles. The Labute approximate surface area is 131 Å². The van der Waals surface area contributed by atoms with E-state index in [1.165, 1.54) is 0 Å². The van der Waals surface area contributed by atoms with E-state index in [1.54, 1.807) is 30.1 Å². The summed E-state index contributed by atoms with van der Waals surface area (Å²) in [6, 6.07) is 1.98. The molecule has 1 aromatic rings. The second-order valence-electron chi connectivity index (χ2n) is 5.93. The van der Waals surface area contributed by atoms with Crippen LogP contribution in [0, 0.1) is 5.92 Å². The summed E-state index contributed by atoms with van der Waals surface area (Å²) in [5, 5.41) is 7.10. The quantitative estimate of drug-likeness (QED) is 0.879. The normalized spacial score (nSPS) is 15.7. The lowest BCUT2D eigenvalue weighted by molar-refractivity contribution is -0.126. The van der Waals surface area contributed by atoms with Crippen LogP contribution in [0.15, 0.2) is 12.3 Å². The molecule has 1 N–H and O–H groups in total. The molecule has 1 aromatic heterocycles. The van der Waals surface area contributed by atoms with Gasteiger partial charge in [0.05, 0.1) is 0 Å². The summed E-state index contributed by atoms with van der Waals surface area (Å²) in [5.41, 5.74) is 1.10. The summed E-state index contributed by atoms with van der Waals surface area (Å²) >= 11 is 0. The fraction of sp³-hybridized carbons (Fsp3) is 0.667. The molecule has 7 heteroatoms. The van der Waals surface area contributed by atoms with Crippen LogP contribution < -0.4 is 5.32 Å². The Balaban J connectivity index is 1.71. The number of nitrogens with one attached hydrogen (secondary N) is 1. The lowest BCUT2D eigenvalue weighted by Crippen LogP contribution is -2.46. The van der Waals surface area contributed by atoms with Gasteiger partial charge in [-0.25, -0.2) is 4.79 Å². The van der Waals surface area contributed by atoms with Crippen molar-refractivity contribution < 1.29 is 9.59 Å². The van der Waals surface area contributed by atoms with Crippen molar-refractivity contribution in [2.24, 2.45) is 13.0 Å². The van der Waals surface area contributed by atoms with Gasteiger partial charge in [-0.05, 0) is 18.9 Å². The Bertz CT molecular complexity index is 518. The average molecular weight is 307 g/mol. The number of hydrogen-bond donors (Lipinski definition) is 1. The lowest BCUT2D eigenvalue weighted by atomic mass is 9.96. The number of rotatable bonds is 4. The SMILES string of the molecule is CN(C)C(=O)N1CCC(C(=O)NCCc2ccnn2C)CC1. The van der Waals surface area contributed by atoms with Crippen LogP contribution >= 0.6 is 0 Å². The summed E-state index contributed by atoms with van der Waals surface area (Å²) in [6.45, 7) is 1.92. The highest BCUT2D eigenvalue weighted by molar-refractivity contribution is 5.79. The molecule has 0 saturated carbocycles. The fourth-order valence-corrected chi connectivity index (χ4v) is 2.72. The molecule has 0 aromatic carbocycles. The van der Waals surface area contributed by atoms with Crippen molar-refractivity contribution in [3.63, 3.8) is 0 Å². The number of carbonyl (C=O) groups is 2. The maximum atomic E-state index is 12.2. The Morgan fingerprint density at radius 1 is 1.36 bits per heavy atom. The molecule has 1 fully saturated rings. The lowest BCUT2D eigenvalue weighted by Gasteiger charge is -2.33. The number of amides is 3. The monoisotopic (exact) mass is 307 g/mol. The van der Waals surface area contributed by atoms with Gasteiger partial charge in [-0.2, -0.15) is 5.10 Å². The Morgan fingerprint density at radius 2 is 2.05 bits per heavy atom. The van der Waals surface area contributed by atoms with E-state index >= 15 is 0 Å². The molecule has 2 rings (SSSR count). The summed E-state index contributed by atoms with van der Waals surface area (Å²) in [6.07, 6.45) is 4.00. The number of nitrogens with zero attached hydrogens (tertiary/aromatic N) is 4. The first-order valence-corrected chi connectivity index (χ1v) is 7.70. The molecule has 0 bridgehead atoms. The van der Waals surface area contributed by atoms with Crippen LogP contribution in [0.4, 0.5) is 4.79 Å². The maximum absolute atomic E-state index is 12.2. The molecule has 22 heavy (non-hydrogen) atoms. The predicted molar refractivity (Wildman–Crippen MR) is 83.3 cm³/mol. The van der Waals surface area contributed by atoms with Crippen LogP contribution in [0.25, 0.3) is 0 Å². The van der Waals surface area contributed by atoms with Crippen molar-refractivity contribution in [1.82, 2.24) is 24.9 Å². The second kappa shape index (κ2) is 7.29. The third kappa shape index (κ3) is 3.99. The van der Waals surface area contributed by atoms with Crippen molar-refractivity contribution >= 4 is 11.9 Å². The van der Waals surface area contributed by atoms with Gasteiger partial charge in [0.1, 0.15) is 0 Å². The van der Waals surface area contributed by atoms with Gasteiger partial charge in [-0.3, -0.25) is 9.48 Å². The van der Waals surface area contributed by atoms with E-state index in [0.717, 1.165) is 25.0 Å². The van der Waals surface area contributed by atoms with Crippen LogP contribution in [-0.4, -0.2) is 65.2 Å². The second-order valence-corrected chi connectivity index (χ2v) is 5.93. The number of likely N-dealkylation sites (tertiary alicyclic amines) is 1. The van der Waals surface area contributed by atoms with Crippen LogP contribution in [0.1, 0.15) is 18.5 Å². The standard InChI is InChI=1S/C15H25N5O2/c1-18(2)15(22)20-10-6-12(7-11-20)14(21)16-8-4-13-5-9-17-19(13)3/h5,9,12H,4,6-8,10-11H2,1-3H3,(H,16,21). The number of piperidine rings is 1. The summed E-state index contributed by atoms with van der Waals surface area (Å²) in [7, 11) is 5.40. The zero-order valence-corrected chi connectivity index (χ0v) is 13.6. The minimum Gasteiger partial charge on any atom is -0.355 e. The molecule has 0 spiro atoms. The molecule has 2 heterocycles. The Hall–Kier alpha value is -2.05. The number of aryl methyl sites for hydroxylation is 1. The van der Waals surface area contributed by atoms with E-state index in [9.17, 15) is 9.59 Å². The Morgan fingerprint density at radius 3 is 2.59 bits per heavy atom. The molecular formula is C15H25N5O2. The third-order valence-electron chi connectivity index (χ3n) is 4.12. The number of aromatic nitrogens is 2. The van der Waals surface area contributed by atoms with Crippen LogP contribution in [-0.2, 0) is 18.3 Å². The molecule has 1 aliphatic rings. The van der Waals surface area contributed by atoms with Gasteiger partial charge in [0.25, 0.3) is 0 Å². The minimum atomic E-state index is 0.0118. The molecule has 0 atom stereocenters. The Kier molecular flexibility index (Phi) is 5.41. The van der Waals surface area contributed by atoms with E-state index in [-0.39, 0.29) is 17.9 Å². The van der Waals surface area contributed by atoms with Crippen molar-refractivity contribution in [2.45, 2.75) is 19.3 Å². The topological polar surface area (TPSA) is 70.5 Å². The summed E-state index contributed by atoms with van der Waals surface area (Å²) in [4.78, 5) is 27.4. The largest absolute Gasteiger partial charge is 0.355 e. The first-order chi connectivity index (χ1) is 10.5. The first-order valence-electron chi connectivity index (χ1n) is 7.70. The van der Waals surface area contributed by atoms with Crippen LogP contribution in [0.3, 0.4) is 0 Å². The number of urea groups is 1. The van der Waals surface area contributed by atoms with Gasteiger partial charge in [0.15, 0.2) is 0 Å². The highest BCUT2D eigenvalue weighted by atomic mass is 16.2. The van der Waals surface area contributed by atoms with Gasteiger partial charge in [-0.1, -0.05) is 0 Å². The van der Waals surface area contributed by atoms with E-state index in [1.807, 2.05) is 17.8 Å². The average Bonchev–Trinajstić information content (AvgIpc) is 2.92. The van der Waals surface area contributed by atoms with Crippen molar-refractivity contribution in [3.8, 4) is 0 Å². The molecule has 1 aliphatic heterocycles. The van der Waals surface area contributed by atoms with E-state index in [4.69, 9.17) is 0 Å². The van der Waals surface area contributed by atoms with Crippen molar-refractivity contribution in [1.29, 1.82) is 0 Å². The molecule has 3 amide bonds. The molecular weight excluding hydrogens is 282 g/mol. The van der Waals surface area contributed by atoms with Gasteiger partial charge in [0.2, 0.25) is 5.91 Å². The number of carbonyl (C=O) groups excluding carboxylic acids is 2. The fourth-order valence-electron chi connectivity index (χ4n) is 2.72. The highest BCUT2D eigenvalue weighted by Gasteiger charge is 2.27. The van der Waals surface area contributed by atoms with Gasteiger partial charge in [-0.15, -0.1) is 0 Å². The predicted octanol–water partition coefficient (Wildman–Crippen LogP) is 0.472. The summed E-state index contributed by atoms with van der Waals surface area (Å²) in [5.74, 6) is 0.108. The third-order valence-corrected chi connectivity index (χ3v) is 4.12. The maximum Gasteiger partial charge on any atom is 0.319 e. The molecule has 1 saturated heterocycles. The van der Waals surface area contributed by atoms with Crippen LogP contribution in [0.2, 0.25) is 0 Å². The smallest absolute Gasteiger partial charge is 0.319 e. The first kappa shape index (κ1) is 16.3. The zero-order valence-electron chi connectivity index (χ0n) is 13.6.